The predicted molar refractivity (Wildman–Crippen MR) is 89.9 cm³/mol. The maximum atomic E-state index is 12.4. The Balaban J connectivity index is 1.64. The van der Waals surface area contributed by atoms with E-state index in [4.69, 9.17) is 4.74 Å². The number of carbonyl (C=O) groups is 1. The minimum atomic E-state index is -0.0585. The van der Waals surface area contributed by atoms with Crippen molar-refractivity contribution in [3.8, 4) is 5.75 Å². The zero-order valence-electron chi connectivity index (χ0n) is 13.2. The van der Waals surface area contributed by atoms with Crippen LogP contribution in [0, 0.1) is 0 Å². The van der Waals surface area contributed by atoms with Crippen LogP contribution in [0.15, 0.2) is 48.7 Å². The van der Waals surface area contributed by atoms with Gasteiger partial charge in [0.05, 0.1) is 7.11 Å². The van der Waals surface area contributed by atoms with Gasteiger partial charge in [0.2, 0.25) is 0 Å². The highest BCUT2D eigenvalue weighted by atomic mass is 16.5. The molecule has 1 fully saturated rings. The summed E-state index contributed by atoms with van der Waals surface area (Å²) in [6, 6.07) is 13.3. The van der Waals surface area contributed by atoms with E-state index < -0.39 is 0 Å². The van der Waals surface area contributed by atoms with Crippen molar-refractivity contribution in [2.24, 2.45) is 0 Å². The van der Waals surface area contributed by atoms with Crippen molar-refractivity contribution in [2.45, 2.75) is 18.9 Å². The summed E-state index contributed by atoms with van der Waals surface area (Å²) < 4.78 is 5.17. The van der Waals surface area contributed by atoms with E-state index in [2.05, 4.69) is 15.2 Å². The SMILES string of the molecule is COc1cccc(C(=O)NC2CCCN(c3ccccn3)C2)c1. The average molecular weight is 311 g/mol. The second-order valence-electron chi connectivity index (χ2n) is 5.68. The van der Waals surface area contributed by atoms with Gasteiger partial charge in [0.15, 0.2) is 0 Å². The van der Waals surface area contributed by atoms with Crippen LogP contribution in [0.1, 0.15) is 23.2 Å². The number of nitrogens with one attached hydrogen (secondary N) is 1. The molecule has 1 aliphatic rings. The standard InChI is InChI=1S/C18H21N3O2/c1-23-16-8-4-6-14(12-16)18(22)20-15-7-5-11-21(13-15)17-9-2-3-10-19-17/h2-4,6,8-10,12,15H,5,7,11,13H2,1H3,(H,20,22). The van der Waals surface area contributed by atoms with E-state index in [1.165, 1.54) is 0 Å². The quantitative estimate of drug-likeness (QED) is 0.942. The highest BCUT2D eigenvalue weighted by Gasteiger charge is 2.22. The lowest BCUT2D eigenvalue weighted by molar-refractivity contribution is 0.0932. The van der Waals surface area contributed by atoms with Gasteiger partial charge in [0, 0.05) is 30.9 Å². The molecule has 120 valence electrons. The molecule has 0 spiro atoms. The summed E-state index contributed by atoms with van der Waals surface area (Å²) in [4.78, 5) is 19.0. The largest absolute Gasteiger partial charge is 0.497 e. The summed E-state index contributed by atoms with van der Waals surface area (Å²) in [6.45, 7) is 1.76. The van der Waals surface area contributed by atoms with E-state index in [1.807, 2.05) is 30.3 Å². The number of carbonyl (C=O) groups excluding carboxylic acids is 1. The molecule has 0 radical (unpaired) electrons. The van der Waals surface area contributed by atoms with Crippen LogP contribution in [0.3, 0.4) is 0 Å². The van der Waals surface area contributed by atoms with Crippen molar-refractivity contribution in [2.75, 3.05) is 25.1 Å². The van der Waals surface area contributed by atoms with Crippen LogP contribution in [0.2, 0.25) is 0 Å². The molecule has 23 heavy (non-hydrogen) atoms. The van der Waals surface area contributed by atoms with Crippen LogP contribution < -0.4 is 15.0 Å². The van der Waals surface area contributed by atoms with Gasteiger partial charge in [0.25, 0.3) is 5.91 Å². The van der Waals surface area contributed by atoms with Gasteiger partial charge < -0.3 is 15.0 Å². The second kappa shape index (κ2) is 7.13. The van der Waals surface area contributed by atoms with Crippen LogP contribution >= 0.6 is 0 Å². The molecule has 0 bridgehead atoms. The van der Waals surface area contributed by atoms with Crippen molar-refractivity contribution in [1.29, 1.82) is 0 Å². The fraction of sp³-hybridized carbons (Fsp3) is 0.333. The van der Waals surface area contributed by atoms with E-state index in [1.54, 1.807) is 25.4 Å². The normalized spacial score (nSPS) is 17.6. The number of piperidine rings is 1. The minimum absolute atomic E-state index is 0.0585. The van der Waals surface area contributed by atoms with E-state index in [9.17, 15) is 4.79 Å². The number of benzene rings is 1. The van der Waals surface area contributed by atoms with E-state index in [-0.39, 0.29) is 11.9 Å². The zero-order chi connectivity index (χ0) is 16.1. The molecule has 1 aromatic heterocycles. The first-order chi connectivity index (χ1) is 11.3. The molecule has 1 aliphatic heterocycles. The minimum Gasteiger partial charge on any atom is -0.497 e. The third-order valence-electron chi connectivity index (χ3n) is 4.06. The van der Waals surface area contributed by atoms with Crippen molar-refractivity contribution in [3.05, 3.63) is 54.2 Å². The summed E-state index contributed by atoms with van der Waals surface area (Å²) >= 11 is 0. The second-order valence-corrected chi connectivity index (χ2v) is 5.68. The highest BCUT2D eigenvalue weighted by Crippen LogP contribution is 2.18. The summed E-state index contributed by atoms with van der Waals surface area (Å²) in [5.74, 6) is 1.60. The number of ether oxygens (including phenoxy) is 1. The Morgan fingerprint density at radius 2 is 2.22 bits per heavy atom. The number of aromatic nitrogens is 1. The Morgan fingerprint density at radius 3 is 3.00 bits per heavy atom. The number of anilines is 1. The molecule has 1 atom stereocenters. The van der Waals surface area contributed by atoms with Crippen LogP contribution in [-0.2, 0) is 0 Å². The van der Waals surface area contributed by atoms with Gasteiger partial charge >= 0.3 is 0 Å². The molecule has 1 N–H and O–H groups in total. The molecular formula is C18H21N3O2. The monoisotopic (exact) mass is 311 g/mol. The molecule has 1 aromatic carbocycles. The Bertz CT molecular complexity index is 660. The summed E-state index contributed by atoms with van der Waals surface area (Å²) in [5.41, 5.74) is 0.624. The number of hydrogen-bond acceptors (Lipinski definition) is 4. The predicted octanol–water partition coefficient (Wildman–Crippen LogP) is 2.49. The maximum Gasteiger partial charge on any atom is 0.251 e. The molecule has 2 aromatic rings. The Hall–Kier alpha value is -2.56. The molecule has 1 unspecified atom stereocenters. The van der Waals surface area contributed by atoms with Gasteiger partial charge in [-0.15, -0.1) is 0 Å². The Kier molecular flexibility index (Phi) is 4.76. The lowest BCUT2D eigenvalue weighted by Crippen LogP contribution is -2.48. The average Bonchev–Trinajstić information content (AvgIpc) is 2.63. The van der Waals surface area contributed by atoms with Gasteiger partial charge in [-0.1, -0.05) is 12.1 Å². The summed E-state index contributed by atoms with van der Waals surface area (Å²) in [7, 11) is 1.60. The first-order valence-electron chi connectivity index (χ1n) is 7.87. The molecule has 1 amide bonds. The van der Waals surface area contributed by atoms with Crippen molar-refractivity contribution < 1.29 is 9.53 Å². The van der Waals surface area contributed by atoms with E-state index in [0.29, 0.717) is 11.3 Å². The number of rotatable bonds is 4. The fourth-order valence-electron chi connectivity index (χ4n) is 2.88. The highest BCUT2D eigenvalue weighted by molar-refractivity contribution is 5.94. The molecule has 1 saturated heterocycles. The van der Waals surface area contributed by atoms with Gasteiger partial charge in [-0.2, -0.15) is 0 Å². The molecular weight excluding hydrogens is 290 g/mol. The van der Waals surface area contributed by atoms with Crippen molar-refractivity contribution >= 4 is 11.7 Å². The van der Waals surface area contributed by atoms with E-state index in [0.717, 1.165) is 31.7 Å². The molecule has 2 heterocycles. The topological polar surface area (TPSA) is 54.5 Å². The molecule has 0 saturated carbocycles. The van der Waals surface area contributed by atoms with Gasteiger partial charge in [0.1, 0.15) is 11.6 Å². The first kappa shape index (κ1) is 15.3. The lowest BCUT2D eigenvalue weighted by Gasteiger charge is -2.34. The van der Waals surface area contributed by atoms with Crippen LogP contribution in [0.25, 0.3) is 0 Å². The van der Waals surface area contributed by atoms with Crippen LogP contribution in [0.5, 0.6) is 5.75 Å². The zero-order valence-corrected chi connectivity index (χ0v) is 13.2. The molecule has 5 nitrogen and oxygen atoms in total. The summed E-state index contributed by atoms with van der Waals surface area (Å²) in [6.07, 6.45) is 3.83. The maximum absolute atomic E-state index is 12.4. The number of hydrogen-bond donors (Lipinski definition) is 1. The Labute approximate surface area is 136 Å². The number of nitrogens with zero attached hydrogens (tertiary/aromatic N) is 2. The number of methoxy groups -OCH3 is 1. The van der Waals surface area contributed by atoms with Crippen LogP contribution in [-0.4, -0.2) is 37.1 Å². The lowest BCUT2D eigenvalue weighted by atomic mass is 10.0. The Morgan fingerprint density at radius 1 is 1.30 bits per heavy atom. The van der Waals surface area contributed by atoms with Crippen molar-refractivity contribution in [3.63, 3.8) is 0 Å². The molecule has 5 heteroatoms. The first-order valence-corrected chi connectivity index (χ1v) is 7.87. The third-order valence-corrected chi connectivity index (χ3v) is 4.06. The summed E-state index contributed by atoms with van der Waals surface area (Å²) in [5, 5.41) is 3.12. The van der Waals surface area contributed by atoms with Gasteiger partial charge in [-0.25, -0.2) is 4.98 Å². The fourth-order valence-corrected chi connectivity index (χ4v) is 2.88. The van der Waals surface area contributed by atoms with Crippen LogP contribution in [0.4, 0.5) is 5.82 Å². The number of pyridine rings is 1. The number of amides is 1. The van der Waals surface area contributed by atoms with Gasteiger partial charge in [-0.3, -0.25) is 4.79 Å². The smallest absolute Gasteiger partial charge is 0.251 e. The molecule has 0 aliphatic carbocycles. The third kappa shape index (κ3) is 3.80. The van der Waals surface area contributed by atoms with Crippen molar-refractivity contribution in [1.82, 2.24) is 10.3 Å². The molecule has 3 rings (SSSR count). The van der Waals surface area contributed by atoms with Gasteiger partial charge in [-0.05, 0) is 43.2 Å². The van der Waals surface area contributed by atoms with E-state index >= 15 is 0 Å².